The third-order valence-electron chi connectivity index (χ3n) is 3.80. The molecule has 1 fully saturated rings. The molecule has 1 saturated heterocycles. The van der Waals surface area contributed by atoms with E-state index in [9.17, 15) is 27.2 Å². The average molecular weight is 368 g/mol. The SMILES string of the molecule is CCOC(=O)[C@@H]1CN(C(=O)C(F)(F)F)C[C@@H]1c1cc(F)ccc1Cl. The van der Waals surface area contributed by atoms with Gasteiger partial charge >= 0.3 is 18.1 Å². The highest BCUT2D eigenvalue weighted by atomic mass is 35.5. The second-order valence-electron chi connectivity index (χ2n) is 5.34. The highest BCUT2D eigenvalue weighted by molar-refractivity contribution is 6.31. The molecule has 0 radical (unpaired) electrons. The number of hydrogen-bond acceptors (Lipinski definition) is 3. The molecule has 132 valence electrons. The molecule has 0 aromatic heterocycles. The Bertz CT molecular complexity index is 650. The van der Waals surface area contributed by atoms with Crippen LogP contribution in [0.1, 0.15) is 18.4 Å². The molecule has 0 bridgehead atoms. The van der Waals surface area contributed by atoms with Crippen LogP contribution < -0.4 is 0 Å². The van der Waals surface area contributed by atoms with Crippen LogP contribution in [0.25, 0.3) is 0 Å². The van der Waals surface area contributed by atoms with Crippen LogP contribution in [-0.4, -0.2) is 42.6 Å². The second-order valence-corrected chi connectivity index (χ2v) is 5.75. The summed E-state index contributed by atoms with van der Waals surface area (Å²) in [6.45, 7) is 0.724. The fourth-order valence-corrected chi connectivity index (χ4v) is 3.01. The van der Waals surface area contributed by atoms with Crippen LogP contribution in [0, 0.1) is 11.7 Å². The maximum Gasteiger partial charge on any atom is 0.471 e. The summed E-state index contributed by atoms with van der Waals surface area (Å²) in [7, 11) is 0. The Morgan fingerprint density at radius 2 is 2.00 bits per heavy atom. The van der Waals surface area contributed by atoms with Crippen molar-refractivity contribution in [2.24, 2.45) is 5.92 Å². The van der Waals surface area contributed by atoms with E-state index in [2.05, 4.69) is 0 Å². The monoisotopic (exact) mass is 367 g/mol. The minimum atomic E-state index is -5.06. The molecule has 24 heavy (non-hydrogen) atoms. The third-order valence-corrected chi connectivity index (χ3v) is 4.14. The van der Waals surface area contributed by atoms with Crippen LogP contribution in [0.3, 0.4) is 0 Å². The molecule has 0 spiro atoms. The van der Waals surface area contributed by atoms with Crippen molar-refractivity contribution in [3.63, 3.8) is 0 Å². The molecule has 0 unspecified atom stereocenters. The number of rotatable bonds is 3. The predicted molar refractivity (Wildman–Crippen MR) is 76.9 cm³/mol. The van der Waals surface area contributed by atoms with Crippen LogP contribution in [0.4, 0.5) is 17.6 Å². The minimum absolute atomic E-state index is 0.0339. The zero-order chi connectivity index (χ0) is 18.1. The lowest BCUT2D eigenvalue weighted by Gasteiger charge is -2.18. The lowest BCUT2D eigenvalue weighted by Crippen LogP contribution is -2.40. The van der Waals surface area contributed by atoms with Crippen molar-refractivity contribution in [1.82, 2.24) is 4.90 Å². The first kappa shape index (κ1) is 18.5. The molecule has 0 saturated carbocycles. The number of nitrogens with zero attached hydrogens (tertiary/aromatic N) is 1. The van der Waals surface area contributed by atoms with E-state index in [0.717, 1.165) is 12.1 Å². The number of benzene rings is 1. The fraction of sp³-hybridized carbons (Fsp3) is 0.467. The Morgan fingerprint density at radius 1 is 1.33 bits per heavy atom. The molecule has 1 amide bonds. The second kappa shape index (κ2) is 6.96. The maximum absolute atomic E-state index is 13.5. The van der Waals surface area contributed by atoms with Crippen LogP contribution in [0.5, 0.6) is 0 Å². The van der Waals surface area contributed by atoms with Crippen LogP contribution in [-0.2, 0) is 14.3 Å². The zero-order valence-electron chi connectivity index (χ0n) is 12.6. The van der Waals surface area contributed by atoms with Gasteiger partial charge in [-0.05, 0) is 30.7 Å². The molecule has 0 N–H and O–H groups in total. The number of esters is 1. The van der Waals surface area contributed by atoms with Crippen molar-refractivity contribution in [1.29, 1.82) is 0 Å². The summed E-state index contributed by atoms with van der Waals surface area (Å²) < 4.78 is 56.3. The number of alkyl halides is 3. The average Bonchev–Trinajstić information content (AvgIpc) is 2.93. The molecule has 1 heterocycles. The van der Waals surface area contributed by atoms with Crippen molar-refractivity contribution in [3.05, 3.63) is 34.6 Å². The van der Waals surface area contributed by atoms with Gasteiger partial charge in [0.15, 0.2) is 0 Å². The molecule has 4 nitrogen and oxygen atoms in total. The van der Waals surface area contributed by atoms with Gasteiger partial charge in [0.2, 0.25) is 0 Å². The molecule has 9 heteroatoms. The molecule has 1 aliphatic rings. The van der Waals surface area contributed by atoms with Gasteiger partial charge in [-0.25, -0.2) is 4.39 Å². The number of hydrogen-bond donors (Lipinski definition) is 0. The summed E-state index contributed by atoms with van der Waals surface area (Å²) in [5.74, 6) is -5.36. The Balaban J connectivity index is 2.37. The summed E-state index contributed by atoms with van der Waals surface area (Å²) in [6, 6.07) is 3.41. The van der Waals surface area contributed by atoms with E-state index >= 15 is 0 Å². The van der Waals surface area contributed by atoms with Crippen molar-refractivity contribution in [3.8, 4) is 0 Å². The van der Waals surface area contributed by atoms with Crippen molar-refractivity contribution >= 4 is 23.5 Å². The van der Waals surface area contributed by atoms with E-state index in [1.165, 1.54) is 6.07 Å². The molecule has 1 aromatic carbocycles. The van der Waals surface area contributed by atoms with Gasteiger partial charge < -0.3 is 9.64 Å². The quantitative estimate of drug-likeness (QED) is 0.609. The molecule has 1 aliphatic heterocycles. The predicted octanol–water partition coefficient (Wildman–Crippen LogP) is 3.15. The number of halogens is 5. The number of ether oxygens (including phenoxy) is 1. The minimum Gasteiger partial charge on any atom is -0.466 e. The maximum atomic E-state index is 13.5. The standard InChI is InChI=1S/C15H14ClF4NO3/c1-2-24-13(22)11-7-21(14(23)15(18,19)20)6-10(11)9-5-8(17)3-4-12(9)16/h3-5,10-11H,2,6-7H2,1H3/t10-,11-/m1/s1. The summed E-state index contributed by atoms with van der Waals surface area (Å²) in [5, 5.41) is 0.108. The van der Waals surface area contributed by atoms with Gasteiger partial charge in [0.05, 0.1) is 12.5 Å². The lowest BCUT2D eigenvalue weighted by atomic mass is 9.89. The van der Waals surface area contributed by atoms with Gasteiger partial charge in [0.1, 0.15) is 5.82 Å². The highest BCUT2D eigenvalue weighted by Gasteiger charge is 2.49. The topological polar surface area (TPSA) is 46.6 Å². The molecular formula is C15H14ClF4NO3. The lowest BCUT2D eigenvalue weighted by molar-refractivity contribution is -0.184. The Labute approximate surface area is 140 Å². The number of likely N-dealkylation sites (tertiary alicyclic amines) is 1. The van der Waals surface area contributed by atoms with Gasteiger partial charge in [0, 0.05) is 24.0 Å². The summed E-state index contributed by atoms with van der Waals surface area (Å²) in [6.07, 6.45) is -5.06. The third kappa shape index (κ3) is 3.80. The van der Waals surface area contributed by atoms with Crippen LogP contribution in [0.2, 0.25) is 5.02 Å². The van der Waals surface area contributed by atoms with Crippen LogP contribution in [0.15, 0.2) is 18.2 Å². The van der Waals surface area contributed by atoms with E-state index in [1.54, 1.807) is 6.92 Å². The summed E-state index contributed by atoms with van der Waals surface area (Å²) in [5.41, 5.74) is 0.173. The van der Waals surface area contributed by atoms with Gasteiger partial charge in [-0.1, -0.05) is 11.6 Å². The Morgan fingerprint density at radius 3 is 2.58 bits per heavy atom. The van der Waals surface area contributed by atoms with E-state index in [4.69, 9.17) is 16.3 Å². The van der Waals surface area contributed by atoms with E-state index in [0.29, 0.717) is 4.90 Å². The van der Waals surface area contributed by atoms with Gasteiger partial charge in [-0.2, -0.15) is 13.2 Å². The molecular weight excluding hydrogens is 354 g/mol. The number of amides is 1. The number of carbonyl (C=O) groups is 2. The fourth-order valence-electron chi connectivity index (χ4n) is 2.75. The van der Waals surface area contributed by atoms with Crippen LogP contribution >= 0.6 is 11.6 Å². The first-order valence-electron chi connectivity index (χ1n) is 7.12. The van der Waals surface area contributed by atoms with E-state index in [1.807, 2.05) is 0 Å². The zero-order valence-corrected chi connectivity index (χ0v) is 13.3. The normalized spacial score (nSPS) is 21.0. The van der Waals surface area contributed by atoms with Crippen molar-refractivity contribution in [2.45, 2.75) is 19.0 Å². The smallest absolute Gasteiger partial charge is 0.466 e. The Kier molecular flexibility index (Phi) is 5.37. The first-order valence-corrected chi connectivity index (χ1v) is 7.50. The summed E-state index contributed by atoms with van der Waals surface area (Å²) >= 11 is 6.00. The molecule has 2 rings (SSSR count). The van der Waals surface area contributed by atoms with Crippen molar-refractivity contribution < 1.29 is 31.9 Å². The van der Waals surface area contributed by atoms with Gasteiger partial charge in [0.25, 0.3) is 0 Å². The van der Waals surface area contributed by atoms with Gasteiger partial charge in [-0.3, -0.25) is 9.59 Å². The summed E-state index contributed by atoms with van der Waals surface area (Å²) in [4.78, 5) is 24.0. The largest absolute Gasteiger partial charge is 0.471 e. The van der Waals surface area contributed by atoms with E-state index < -0.39 is 48.8 Å². The highest BCUT2D eigenvalue weighted by Crippen LogP contribution is 2.38. The van der Waals surface area contributed by atoms with Crippen molar-refractivity contribution in [2.75, 3.05) is 19.7 Å². The van der Waals surface area contributed by atoms with E-state index in [-0.39, 0.29) is 17.2 Å². The molecule has 0 aliphatic carbocycles. The molecule has 2 atom stereocenters. The number of carbonyl (C=O) groups excluding carboxylic acids is 2. The first-order chi connectivity index (χ1) is 11.1. The molecule has 1 aromatic rings. The van der Waals surface area contributed by atoms with Gasteiger partial charge in [-0.15, -0.1) is 0 Å². The Hall–Kier alpha value is -1.83.